The van der Waals surface area contributed by atoms with Gasteiger partial charge in [0.25, 0.3) is 0 Å². The van der Waals surface area contributed by atoms with Crippen LogP contribution >= 0.6 is 0 Å². The Labute approximate surface area is 123 Å². The van der Waals surface area contributed by atoms with E-state index in [0.717, 1.165) is 25.3 Å². The van der Waals surface area contributed by atoms with E-state index in [-0.39, 0.29) is 5.82 Å². The molecule has 5 heteroatoms. The van der Waals surface area contributed by atoms with Crippen LogP contribution < -0.4 is 0 Å². The molecule has 2 aromatic heterocycles. The highest BCUT2D eigenvalue weighted by atomic mass is 19.1. The fourth-order valence-corrected chi connectivity index (χ4v) is 2.84. The van der Waals surface area contributed by atoms with Gasteiger partial charge in [0.1, 0.15) is 11.6 Å². The Hall–Kier alpha value is -1.88. The highest BCUT2D eigenvalue weighted by molar-refractivity contribution is 5.23. The topological polar surface area (TPSA) is 41.9 Å². The summed E-state index contributed by atoms with van der Waals surface area (Å²) < 4.78 is 13.7. The van der Waals surface area contributed by atoms with Crippen molar-refractivity contribution in [2.45, 2.75) is 38.3 Å². The number of rotatable bonds is 3. The molecular weight excluding hydrogens is 267 g/mol. The Morgan fingerprint density at radius 2 is 2.19 bits per heavy atom. The number of aromatic nitrogens is 3. The summed E-state index contributed by atoms with van der Waals surface area (Å²) in [5, 5.41) is 0. The molecule has 21 heavy (non-hydrogen) atoms. The number of hydrogen-bond donors (Lipinski definition) is 0. The zero-order valence-electron chi connectivity index (χ0n) is 11.8. The maximum atomic E-state index is 13.7. The third-order valence-corrected chi connectivity index (χ3v) is 4.22. The molecule has 1 aliphatic heterocycles. The van der Waals surface area contributed by atoms with Gasteiger partial charge < -0.3 is 0 Å². The summed E-state index contributed by atoms with van der Waals surface area (Å²) in [4.78, 5) is 15.2. The summed E-state index contributed by atoms with van der Waals surface area (Å²) in [6, 6.07) is 1.75. The van der Waals surface area contributed by atoms with Crippen LogP contribution in [0.5, 0.6) is 0 Å². The molecule has 3 heterocycles. The molecule has 2 aliphatic rings. The molecule has 2 aromatic rings. The molecule has 108 valence electrons. The van der Waals surface area contributed by atoms with Gasteiger partial charge in [-0.25, -0.2) is 14.4 Å². The van der Waals surface area contributed by atoms with Gasteiger partial charge in [-0.2, -0.15) is 0 Å². The summed E-state index contributed by atoms with van der Waals surface area (Å²) >= 11 is 0. The summed E-state index contributed by atoms with van der Waals surface area (Å²) in [6.07, 6.45) is 8.26. The maximum absolute atomic E-state index is 13.7. The zero-order chi connectivity index (χ0) is 14.2. The van der Waals surface area contributed by atoms with Crippen LogP contribution in [-0.2, 0) is 19.5 Å². The molecule has 0 atom stereocenters. The van der Waals surface area contributed by atoms with E-state index < -0.39 is 0 Å². The van der Waals surface area contributed by atoms with E-state index in [1.807, 2.05) is 6.20 Å². The SMILES string of the molecule is Fc1cnccc1CN1CCc2nc(C3CC3)ncc2C1. The van der Waals surface area contributed by atoms with Crippen LogP contribution in [0.25, 0.3) is 0 Å². The predicted octanol–water partition coefficient (Wildman–Crippen LogP) is 2.45. The molecule has 0 bridgehead atoms. The predicted molar refractivity (Wildman–Crippen MR) is 76.0 cm³/mol. The molecule has 0 saturated heterocycles. The van der Waals surface area contributed by atoms with Gasteiger partial charge in [-0.3, -0.25) is 9.88 Å². The van der Waals surface area contributed by atoms with E-state index in [0.29, 0.717) is 18.0 Å². The lowest BCUT2D eigenvalue weighted by Crippen LogP contribution is -2.31. The fourth-order valence-electron chi connectivity index (χ4n) is 2.84. The normalized spacial score (nSPS) is 18.5. The number of fused-ring (bicyclic) bond motifs is 1. The Kier molecular flexibility index (Phi) is 3.15. The van der Waals surface area contributed by atoms with Crippen molar-refractivity contribution in [1.29, 1.82) is 0 Å². The van der Waals surface area contributed by atoms with E-state index in [1.165, 1.54) is 30.3 Å². The van der Waals surface area contributed by atoms with Crippen molar-refractivity contribution < 1.29 is 4.39 Å². The minimum absolute atomic E-state index is 0.233. The fraction of sp³-hybridized carbons (Fsp3) is 0.438. The van der Waals surface area contributed by atoms with Crippen molar-refractivity contribution in [3.63, 3.8) is 0 Å². The summed E-state index contributed by atoms with van der Waals surface area (Å²) in [5.41, 5.74) is 3.06. The average molecular weight is 284 g/mol. The summed E-state index contributed by atoms with van der Waals surface area (Å²) in [6.45, 7) is 2.32. The molecule has 4 rings (SSSR count). The van der Waals surface area contributed by atoms with Crippen molar-refractivity contribution in [3.8, 4) is 0 Å². The Balaban J connectivity index is 1.50. The van der Waals surface area contributed by atoms with E-state index in [2.05, 4.69) is 14.9 Å². The lowest BCUT2D eigenvalue weighted by molar-refractivity contribution is 0.239. The molecular formula is C16H17FN4. The number of hydrogen-bond acceptors (Lipinski definition) is 4. The Morgan fingerprint density at radius 1 is 1.29 bits per heavy atom. The molecule has 0 unspecified atom stereocenters. The van der Waals surface area contributed by atoms with Crippen LogP contribution in [0.4, 0.5) is 4.39 Å². The van der Waals surface area contributed by atoms with Crippen LogP contribution in [0.3, 0.4) is 0 Å². The molecule has 0 amide bonds. The Bertz CT molecular complexity index is 669. The van der Waals surface area contributed by atoms with Crippen LogP contribution in [0.2, 0.25) is 0 Å². The standard InChI is InChI=1S/C16H17FN4/c17-14-8-18-5-3-12(14)9-21-6-4-15-13(10-21)7-19-16(20-15)11-1-2-11/h3,5,7-8,11H,1-2,4,6,9-10H2. The monoisotopic (exact) mass is 284 g/mol. The van der Waals surface area contributed by atoms with Crippen LogP contribution in [0.1, 0.15) is 41.4 Å². The first kappa shape index (κ1) is 12.8. The van der Waals surface area contributed by atoms with E-state index in [9.17, 15) is 4.39 Å². The molecule has 1 fully saturated rings. The molecule has 0 N–H and O–H groups in total. The number of halogens is 1. The van der Waals surface area contributed by atoms with Gasteiger partial charge in [0, 0.05) is 61.2 Å². The van der Waals surface area contributed by atoms with Crippen molar-refractivity contribution >= 4 is 0 Å². The smallest absolute Gasteiger partial charge is 0.145 e. The molecule has 1 aliphatic carbocycles. The quantitative estimate of drug-likeness (QED) is 0.868. The van der Waals surface area contributed by atoms with Crippen molar-refractivity contribution in [1.82, 2.24) is 19.9 Å². The van der Waals surface area contributed by atoms with Gasteiger partial charge in [-0.1, -0.05) is 0 Å². The summed E-state index contributed by atoms with van der Waals surface area (Å²) in [7, 11) is 0. The molecule has 0 aromatic carbocycles. The second-order valence-electron chi connectivity index (χ2n) is 5.90. The minimum Gasteiger partial charge on any atom is -0.294 e. The second kappa shape index (κ2) is 5.15. The molecule has 0 radical (unpaired) electrons. The van der Waals surface area contributed by atoms with Gasteiger partial charge in [0.05, 0.1) is 6.20 Å². The molecule has 4 nitrogen and oxygen atoms in total. The molecule has 1 saturated carbocycles. The molecule has 0 spiro atoms. The maximum Gasteiger partial charge on any atom is 0.145 e. The van der Waals surface area contributed by atoms with Crippen molar-refractivity contribution in [2.75, 3.05) is 6.54 Å². The largest absolute Gasteiger partial charge is 0.294 e. The number of pyridine rings is 1. The zero-order valence-corrected chi connectivity index (χ0v) is 11.8. The number of nitrogens with zero attached hydrogens (tertiary/aromatic N) is 4. The van der Waals surface area contributed by atoms with E-state index in [1.54, 1.807) is 12.3 Å². The highest BCUT2D eigenvalue weighted by Gasteiger charge is 2.28. The minimum atomic E-state index is -0.233. The van der Waals surface area contributed by atoms with Crippen LogP contribution in [0, 0.1) is 5.82 Å². The van der Waals surface area contributed by atoms with Crippen LogP contribution in [0.15, 0.2) is 24.7 Å². The first-order chi connectivity index (χ1) is 10.3. The van der Waals surface area contributed by atoms with Gasteiger partial charge in [-0.05, 0) is 18.9 Å². The van der Waals surface area contributed by atoms with E-state index in [4.69, 9.17) is 4.98 Å². The van der Waals surface area contributed by atoms with Gasteiger partial charge >= 0.3 is 0 Å². The van der Waals surface area contributed by atoms with E-state index >= 15 is 0 Å². The first-order valence-electron chi connectivity index (χ1n) is 7.45. The third kappa shape index (κ3) is 2.65. The summed E-state index contributed by atoms with van der Waals surface area (Å²) in [5.74, 6) is 1.38. The van der Waals surface area contributed by atoms with Gasteiger partial charge in [0.2, 0.25) is 0 Å². The van der Waals surface area contributed by atoms with Gasteiger partial charge in [0.15, 0.2) is 0 Å². The average Bonchev–Trinajstić information content (AvgIpc) is 3.34. The second-order valence-corrected chi connectivity index (χ2v) is 5.90. The van der Waals surface area contributed by atoms with Crippen LogP contribution in [-0.4, -0.2) is 26.4 Å². The lowest BCUT2D eigenvalue weighted by atomic mass is 10.1. The van der Waals surface area contributed by atoms with Crippen molar-refractivity contribution in [3.05, 3.63) is 53.1 Å². The highest BCUT2D eigenvalue weighted by Crippen LogP contribution is 2.38. The lowest BCUT2D eigenvalue weighted by Gasteiger charge is -2.28. The Morgan fingerprint density at radius 3 is 3.00 bits per heavy atom. The first-order valence-corrected chi connectivity index (χ1v) is 7.45. The van der Waals surface area contributed by atoms with Crippen molar-refractivity contribution in [2.24, 2.45) is 0 Å². The third-order valence-electron chi connectivity index (χ3n) is 4.22. The van der Waals surface area contributed by atoms with Gasteiger partial charge in [-0.15, -0.1) is 0 Å².